The summed E-state index contributed by atoms with van der Waals surface area (Å²) in [6.45, 7) is 1.30. The highest BCUT2D eigenvalue weighted by molar-refractivity contribution is 6.04. The maximum atomic E-state index is 11.8. The van der Waals surface area contributed by atoms with E-state index in [-0.39, 0.29) is 13.2 Å². The minimum atomic E-state index is -1.21. The smallest absolute Gasteiger partial charge is 0.408 e. The number of likely N-dealkylation sites (tertiary alicyclic amines) is 1. The average molecular weight is 335 g/mol. The molecule has 128 valence electrons. The number of urea groups is 1. The fraction of sp³-hybridized carbons (Fsp3) is 0.333. The molecule has 1 unspecified atom stereocenters. The van der Waals surface area contributed by atoms with Crippen LogP contribution in [0.5, 0.6) is 0 Å². The molecule has 1 aromatic carbocycles. The Morgan fingerprint density at radius 2 is 2.00 bits per heavy atom. The molecule has 1 aromatic rings. The molecule has 2 rings (SSSR count). The molecule has 1 fully saturated rings. The lowest BCUT2D eigenvalue weighted by Crippen LogP contribution is -2.67. The zero-order chi connectivity index (χ0) is 17.7. The van der Waals surface area contributed by atoms with Gasteiger partial charge >= 0.3 is 18.1 Å². The van der Waals surface area contributed by atoms with Gasteiger partial charge in [-0.15, -0.1) is 0 Å². The molecule has 2 atom stereocenters. The van der Waals surface area contributed by atoms with E-state index in [9.17, 15) is 19.2 Å². The van der Waals surface area contributed by atoms with Gasteiger partial charge in [0.1, 0.15) is 18.7 Å². The van der Waals surface area contributed by atoms with Gasteiger partial charge in [0, 0.05) is 0 Å². The number of hydrogen-bond acceptors (Lipinski definition) is 5. The van der Waals surface area contributed by atoms with Crippen molar-refractivity contribution in [2.75, 3.05) is 6.54 Å². The molecule has 1 heterocycles. The molecule has 3 N–H and O–H groups in total. The summed E-state index contributed by atoms with van der Waals surface area (Å²) >= 11 is 0. The number of rotatable bonds is 5. The van der Waals surface area contributed by atoms with Crippen molar-refractivity contribution in [1.82, 2.24) is 15.5 Å². The molecule has 4 amide bonds. The van der Waals surface area contributed by atoms with Crippen LogP contribution in [0.15, 0.2) is 30.3 Å². The molecule has 0 aliphatic carbocycles. The van der Waals surface area contributed by atoms with Gasteiger partial charge in [0.2, 0.25) is 0 Å². The van der Waals surface area contributed by atoms with Crippen LogP contribution in [0.25, 0.3) is 0 Å². The Balaban J connectivity index is 1.74. The van der Waals surface area contributed by atoms with Gasteiger partial charge in [0.25, 0.3) is 5.91 Å². The fourth-order valence-corrected chi connectivity index (χ4v) is 1.95. The molecule has 1 aliphatic rings. The highest BCUT2D eigenvalue weighted by atomic mass is 16.5. The number of carbonyl (C=O) groups is 4. The number of alkyl carbamates (subject to hydrolysis) is 1. The average Bonchev–Trinajstić information content (AvgIpc) is 2.56. The molecule has 0 bridgehead atoms. The Hall–Kier alpha value is -3.10. The van der Waals surface area contributed by atoms with E-state index in [4.69, 9.17) is 9.84 Å². The van der Waals surface area contributed by atoms with E-state index < -0.39 is 36.1 Å². The lowest BCUT2D eigenvalue weighted by atomic mass is 10.1. The van der Waals surface area contributed by atoms with Crippen molar-refractivity contribution in [3.63, 3.8) is 0 Å². The maximum Gasteiger partial charge on any atom is 0.408 e. The number of carboxylic acids is 1. The predicted molar refractivity (Wildman–Crippen MR) is 80.9 cm³/mol. The number of hydrogen-bond donors (Lipinski definition) is 3. The Kier molecular flexibility index (Phi) is 5.35. The van der Waals surface area contributed by atoms with Crippen LogP contribution in [-0.2, 0) is 20.9 Å². The third-order valence-corrected chi connectivity index (χ3v) is 3.39. The van der Waals surface area contributed by atoms with Crippen LogP contribution < -0.4 is 10.6 Å². The second kappa shape index (κ2) is 7.44. The van der Waals surface area contributed by atoms with Crippen LogP contribution in [-0.4, -0.2) is 52.6 Å². The first kappa shape index (κ1) is 17.3. The normalized spacial score (nSPS) is 17.5. The number of nitrogens with one attached hydrogen (secondary N) is 2. The van der Waals surface area contributed by atoms with Gasteiger partial charge in [-0.2, -0.15) is 0 Å². The Labute approximate surface area is 137 Å². The van der Waals surface area contributed by atoms with Crippen LogP contribution in [0.4, 0.5) is 9.59 Å². The van der Waals surface area contributed by atoms with E-state index in [1.54, 1.807) is 24.3 Å². The number of β-lactam (4-membered cyclic amide) rings is 1. The van der Waals surface area contributed by atoms with E-state index in [0.717, 1.165) is 10.5 Å². The van der Waals surface area contributed by atoms with Crippen LogP contribution in [0.3, 0.4) is 0 Å². The summed E-state index contributed by atoms with van der Waals surface area (Å²) in [4.78, 5) is 46.6. The molecule has 9 nitrogen and oxygen atoms in total. The number of carboxylic acid groups (broad SMARTS) is 1. The van der Waals surface area contributed by atoms with E-state index in [2.05, 4.69) is 10.6 Å². The molecule has 1 saturated heterocycles. The Morgan fingerprint density at radius 1 is 1.33 bits per heavy atom. The van der Waals surface area contributed by atoms with Crippen molar-refractivity contribution in [3.05, 3.63) is 35.9 Å². The third-order valence-electron chi connectivity index (χ3n) is 3.39. The van der Waals surface area contributed by atoms with Crippen molar-refractivity contribution < 1.29 is 29.0 Å². The molecule has 0 aromatic heterocycles. The summed E-state index contributed by atoms with van der Waals surface area (Å²) in [7, 11) is 0. The van der Waals surface area contributed by atoms with Crippen LogP contribution in [0.1, 0.15) is 12.5 Å². The number of aliphatic carboxylic acids is 1. The highest BCUT2D eigenvalue weighted by Gasteiger charge is 2.42. The van der Waals surface area contributed by atoms with E-state index in [0.29, 0.717) is 0 Å². The number of imide groups is 1. The molecular formula is C15H17N3O6. The molecule has 1 aliphatic heterocycles. The third kappa shape index (κ3) is 4.22. The summed E-state index contributed by atoms with van der Waals surface area (Å²) in [5.41, 5.74) is 0.802. The molecule has 24 heavy (non-hydrogen) atoms. The monoisotopic (exact) mass is 335 g/mol. The number of nitrogens with zero attached hydrogens (tertiary/aromatic N) is 1. The maximum absolute atomic E-state index is 11.8. The van der Waals surface area contributed by atoms with E-state index in [1.807, 2.05) is 6.07 Å². The summed E-state index contributed by atoms with van der Waals surface area (Å²) in [5, 5.41) is 13.2. The zero-order valence-corrected chi connectivity index (χ0v) is 12.9. The van der Waals surface area contributed by atoms with E-state index in [1.165, 1.54) is 6.92 Å². The molecule has 0 saturated carbocycles. The topological polar surface area (TPSA) is 125 Å². The van der Waals surface area contributed by atoms with Gasteiger partial charge in [-0.1, -0.05) is 30.3 Å². The molecule has 9 heteroatoms. The van der Waals surface area contributed by atoms with Crippen molar-refractivity contribution in [2.45, 2.75) is 25.6 Å². The Bertz CT molecular complexity index is 648. The summed E-state index contributed by atoms with van der Waals surface area (Å²) in [6, 6.07) is 6.23. The standard InChI is InChI=1S/C15H17N3O6/c1-9(13(20)21)16-14(22)18-7-11(12(18)19)17-15(23)24-8-10-5-3-2-4-6-10/h2-6,9,11H,7-8H2,1H3,(H,16,22)(H,17,23)(H,20,21)/t9-,11?/m0/s1. The number of amides is 4. The zero-order valence-electron chi connectivity index (χ0n) is 12.9. The van der Waals surface area contributed by atoms with Gasteiger partial charge in [-0.05, 0) is 12.5 Å². The predicted octanol–water partition coefficient (Wildman–Crippen LogP) is 0.306. The van der Waals surface area contributed by atoms with Gasteiger partial charge < -0.3 is 20.5 Å². The second-order valence-electron chi connectivity index (χ2n) is 5.22. The largest absolute Gasteiger partial charge is 0.480 e. The summed E-state index contributed by atoms with van der Waals surface area (Å²) in [6.07, 6.45) is -0.767. The number of carbonyl (C=O) groups excluding carboxylic acids is 3. The second-order valence-corrected chi connectivity index (χ2v) is 5.22. The minimum Gasteiger partial charge on any atom is -0.480 e. The van der Waals surface area contributed by atoms with Gasteiger partial charge in [-0.25, -0.2) is 9.59 Å². The van der Waals surface area contributed by atoms with Crippen molar-refractivity contribution in [2.24, 2.45) is 0 Å². The minimum absolute atomic E-state index is 0.0442. The quantitative estimate of drug-likeness (QED) is 0.665. The van der Waals surface area contributed by atoms with Crippen molar-refractivity contribution in [1.29, 1.82) is 0 Å². The fourth-order valence-electron chi connectivity index (χ4n) is 1.95. The summed E-state index contributed by atoms with van der Waals surface area (Å²) < 4.78 is 4.98. The van der Waals surface area contributed by atoms with Gasteiger partial charge in [0.15, 0.2) is 0 Å². The van der Waals surface area contributed by atoms with Crippen LogP contribution in [0, 0.1) is 0 Å². The summed E-state index contributed by atoms with van der Waals surface area (Å²) in [5.74, 6) is -1.84. The Morgan fingerprint density at radius 3 is 2.58 bits per heavy atom. The number of ether oxygens (including phenoxy) is 1. The molecule has 0 radical (unpaired) electrons. The van der Waals surface area contributed by atoms with Crippen LogP contribution >= 0.6 is 0 Å². The van der Waals surface area contributed by atoms with Crippen molar-refractivity contribution >= 4 is 24.0 Å². The first-order valence-corrected chi connectivity index (χ1v) is 7.20. The molecule has 0 spiro atoms. The van der Waals surface area contributed by atoms with Gasteiger partial charge in [-0.3, -0.25) is 14.5 Å². The van der Waals surface area contributed by atoms with E-state index >= 15 is 0 Å². The first-order chi connectivity index (χ1) is 11.4. The van der Waals surface area contributed by atoms with Crippen LogP contribution in [0.2, 0.25) is 0 Å². The lowest BCUT2D eigenvalue weighted by molar-refractivity contribution is -0.141. The van der Waals surface area contributed by atoms with Crippen molar-refractivity contribution in [3.8, 4) is 0 Å². The lowest BCUT2D eigenvalue weighted by Gasteiger charge is -2.36. The number of benzene rings is 1. The first-order valence-electron chi connectivity index (χ1n) is 7.20. The highest BCUT2D eigenvalue weighted by Crippen LogP contribution is 2.11. The SMILES string of the molecule is C[C@H](NC(=O)N1CC(NC(=O)OCc2ccccc2)C1=O)C(=O)O. The van der Waals surface area contributed by atoms with Gasteiger partial charge in [0.05, 0.1) is 6.54 Å². The molecular weight excluding hydrogens is 318 g/mol.